The SMILES string of the molecule is CCN(C(=O)NC(C)(C)C)C1CCCCC1CN. The summed E-state index contributed by atoms with van der Waals surface area (Å²) in [4.78, 5) is 14.3. The molecule has 1 aliphatic carbocycles. The first-order valence-electron chi connectivity index (χ1n) is 7.18. The Kier molecular flexibility index (Phi) is 5.45. The van der Waals surface area contributed by atoms with E-state index in [4.69, 9.17) is 5.73 Å². The van der Waals surface area contributed by atoms with Crippen LogP contribution in [0, 0.1) is 5.92 Å². The first kappa shape index (κ1) is 15.3. The van der Waals surface area contributed by atoms with Crippen LogP contribution < -0.4 is 11.1 Å². The lowest BCUT2D eigenvalue weighted by Crippen LogP contribution is -2.55. The molecule has 0 aromatic heterocycles. The predicted molar refractivity (Wildman–Crippen MR) is 75.5 cm³/mol. The van der Waals surface area contributed by atoms with Crippen molar-refractivity contribution in [2.75, 3.05) is 13.1 Å². The number of carbonyl (C=O) groups is 1. The summed E-state index contributed by atoms with van der Waals surface area (Å²) >= 11 is 0. The molecule has 2 unspecified atom stereocenters. The Hall–Kier alpha value is -0.770. The van der Waals surface area contributed by atoms with Gasteiger partial charge in [-0.25, -0.2) is 4.79 Å². The van der Waals surface area contributed by atoms with Gasteiger partial charge in [0, 0.05) is 18.1 Å². The number of rotatable bonds is 3. The van der Waals surface area contributed by atoms with Gasteiger partial charge in [0.1, 0.15) is 0 Å². The van der Waals surface area contributed by atoms with Gasteiger partial charge in [-0.3, -0.25) is 0 Å². The maximum absolute atomic E-state index is 12.3. The van der Waals surface area contributed by atoms with Gasteiger partial charge in [-0.15, -0.1) is 0 Å². The molecule has 1 fully saturated rings. The number of nitrogens with one attached hydrogen (secondary N) is 1. The summed E-state index contributed by atoms with van der Waals surface area (Å²) in [7, 11) is 0. The summed E-state index contributed by atoms with van der Waals surface area (Å²) in [5.41, 5.74) is 5.67. The van der Waals surface area contributed by atoms with Crippen LogP contribution in [0.3, 0.4) is 0 Å². The number of amides is 2. The van der Waals surface area contributed by atoms with Crippen molar-refractivity contribution in [1.29, 1.82) is 0 Å². The van der Waals surface area contributed by atoms with E-state index < -0.39 is 0 Å². The third-order valence-electron chi connectivity index (χ3n) is 3.66. The molecule has 106 valence electrons. The van der Waals surface area contributed by atoms with Crippen LogP contribution in [0.25, 0.3) is 0 Å². The van der Waals surface area contributed by atoms with E-state index in [1.54, 1.807) is 0 Å². The lowest BCUT2D eigenvalue weighted by molar-refractivity contribution is 0.121. The van der Waals surface area contributed by atoms with Gasteiger partial charge < -0.3 is 16.0 Å². The largest absolute Gasteiger partial charge is 0.333 e. The van der Waals surface area contributed by atoms with Gasteiger partial charge >= 0.3 is 6.03 Å². The third-order valence-corrected chi connectivity index (χ3v) is 3.66. The number of carbonyl (C=O) groups excluding carboxylic acids is 1. The number of nitrogens with two attached hydrogens (primary N) is 1. The van der Waals surface area contributed by atoms with E-state index in [1.807, 2.05) is 32.6 Å². The number of nitrogens with zero attached hydrogens (tertiary/aromatic N) is 1. The predicted octanol–water partition coefficient (Wildman–Crippen LogP) is 2.33. The molecule has 3 N–H and O–H groups in total. The number of hydrogen-bond donors (Lipinski definition) is 2. The van der Waals surface area contributed by atoms with Gasteiger partial charge in [0.05, 0.1) is 0 Å². The molecular formula is C14H29N3O. The van der Waals surface area contributed by atoms with Gasteiger partial charge in [0.15, 0.2) is 0 Å². The van der Waals surface area contributed by atoms with Crippen LogP contribution in [0.2, 0.25) is 0 Å². The normalized spacial score (nSPS) is 24.7. The van der Waals surface area contributed by atoms with Crippen molar-refractivity contribution >= 4 is 6.03 Å². The smallest absolute Gasteiger partial charge is 0.318 e. The van der Waals surface area contributed by atoms with Crippen LogP contribution in [-0.2, 0) is 0 Å². The molecule has 2 atom stereocenters. The highest BCUT2D eigenvalue weighted by molar-refractivity contribution is 5.75. The topological polar surface area (TPSA) is 58.4 Å². The Bertz CT molecular complexity index is 273. The molecule has 18 heavy (non-hydrogen) atoms. The summed E-state index contributed by atoms with van der Waals surface area (Å²) in [6, 6.07) is 0.367. The second kappa shape index (κ2) is 6.41. The minimum atomic E-state index is -0.183. The van der Waals surface area contributed by atoms with Crippen molar-refractivity contribution in [3.8, 4) is 0 Å². The molecule has 1 saturated carbocycles. The fourth-order valence-corrected chi connectivity index (χ4v) is 2.79. The van der Waals surface area contributed by atoms with Gasteiger partial charge in [-0.1, -0.05) is 12.8 Å². The maximum Gasteiger partial charge on any atom is 0.318 e. The van der Waals surface area contributed by atoms with E-state index in [0.717, 1.165) is 19.4 Å². The molecule has 0 radical (unpaired) electrons. The Morgan fingerprint density at radius 2 is 1.94 bits per heavy atom. The fraction of sp³-hybridized carbons (Fsp3) is 0.929. The van der Waals surface area contributed by atoms with Crippen molar-refractivity contribution in [3.63, 3.8) is 0 Å². The molecule has 0 saturated heterocycles. The van der Waals surface area contributed by atoms with Crippen molar-refractivity contribution in [2.24, 2.45) is 11.7 Å². The van der Waals surface area contributed by atoms with E-state index in [0.29, 0.717) is 18.5 Å². The molecule has 1 aliphatic rings. The van der Waals surface area contributed by atoms with E-state index in [2.05, 4.69) is 5.32 Å². The zero-order valence-electron chi connectivity index (χ0n) is 12.3. The summed E-state index contributed by atoms with van der Waals surface area (Å²) in [5.74, 6) is 0.462. The highest BCUT2D eigenvalue weighted by Crippen LogP contribution is 2.28. The highest BCUT2D eigenvalue weighted by atomic mass is 16.2. The second-order valence-electron chi connectivity index (χ2n) is 6.31. The quantitative estimate of drug-likeness (QED) is 0.813. The van der Waals surface area contributed by atoms with E-state index in [1.165, 1.54) is 12.8 Å². The first-order valence-corrected chi connectivity index (χ1v) is 7.18. The minimum Gasteiger partial charge on any atom is -0.333 e. The van der Waals surface area contributed by atoms with E-state index >= 15 is 0 Å². The average molecular weight is 255 g/mol. The average Bonchev–Trinajstić information content (AvgIpc) is 2.28. The van der Waals surface area contributed by atoms with Crippen LogP contribution >= 0.6 is 0 Å². The Morgan fingerprint density at radius 1 is 1.33 bits per heavy atom. The maximum atomic E-state index is 12.3. The molecule has 0 aromatic rings. The van der Waals surface area contributed by atoms with Crippen molar-refractivity contribution in [2.45, 2.75) is 65.0 Å². The standard InChI is InChI=1S/C14H29N3O/c1-5-17(13(18)16-14(2,3)4)12-9-7-6-8-11(12)10-15/h11-12H,5-10,15H2,1-4H3,(H,16,18). The van der Waals surface area contributed by atoms with Crippen molar-refractivity contribution in [3.05, 3.63) is 0 Å². The summed E-state index contributed by atoms with van der Waals surface area (Å²) in [6.45, 7) is 9.53. The third kappa shape index (κ3) is 4.16. The van der Waals surface area contributed by atoms with Gasteiger partial charge in [-0.2, -0.15) is 0 Å². The highest BCUT2D eigenvalue weighted by Gasteiger charge is 2.32. The van der Waals surface area contributed by atoms with Crippen LogP contribution in [0.4, 0.5) is 4.79 Å². The molecular weight excluding hydrogens is 226 g/mol. The molecule has 0 aliphatic heterocycles. The lowest BCUT2D eigenvalue weighted by Gasteiger charge is -2.40. The van der Waals surface area contributed by atoms with Crippen LogP contribution in [0.5, 0.6) is 0 Å². The Balaban J connectivity index is 2.71. The van der Waals surface area contributed by atoms with E-state index in [9.17, 15) is 4.79 Å². The summed E-state index contributed by atoms with van der Waals surface area (Å²) in [5, 5.41) is 3.06. The molecule has 1 rings (SSSR count). The number of urea groups is 1. The molecule has 0 aromatic carbocycles. The van der Waals surface area contributed by atoms with Crippen LogP contribution in [0.15, 0.2) is 0 Å². The second-order valence-corrected chi connectivity index (χ2v) is 6.31. The Morgan fingerprint density at radius 3 is 2.44 bits per heavy atom. The minimum absolute atomic E-state index is 0.0513. The van der Waals surface area contributed by atoms with E-state index in [-0.39, 0.29) is 11.6 Å². The Labute approximate surface area is 111 Å². The molecule has 2 amide bonds. The molecule has 4 nitrogen and oxygen atoms in total. The summed E-state index contributed by atoms with van der Waals surface area (Å²) in [6.07, 6.45) is 4.70. The zero-order valence-corrected chi connectivity index (χ0v) is 12.3. The molecule has 0 heterocycles. The molecule has 4 heteroatoms. The summed E-state index contributed by atoms with van der Waals surface area (Å²) < 4.78 is 0. The van der Waals surface area contributed by atoms with Gasteiger partial charge in [0.25, 0.3) is 0 Å². The molecule has 0 spiro atoms. The monoisotopic (exact) mass is 255 g/mol. The van der Waals surface area contributed by atoms with Gasteiger partial charge in [-0.05, 0) is 53.0 Å². The van der Waals surface area contributed by atoms with Crippen molar-refractivity contribution < 1.29 is 4.79 Å². The fourth-order valence-electron chi connectivity index (χ4n) is 2.79. The number of hydrogen-bond acceptors (Lipinski definition) is 2. The van der Waals surface area contributed by atoms with Gasteiger partial charge in [0.2, 0.25) is 0 Å². The van der Waals surface area contributed by atoms with Crippen LogP contribution in [0.1, 0.15) is 53.4 Å². The van der Waals surface area contributed by atoms with Crippen LogP contribution in [-0.4, -0.2) is 35.6 Å². The van der Waals surface area contributed by atoms with Crippen molar-refractivity contribution in [1.82, 2.24) is 10.2 Å². The lowest BCUT2D eigenvalue weighted by atomic mass is 9.83. The molecule has 0 bridgehead atoms. The first-order chi connectivity index (χ1) is 8.39. The zero-order chi connectivity index (χ0) is 13.8.